The smallest absolute Gasteiger partial charge is 0.160 e. The molecule has 0 unspecified atom stereocenters. The van der Waals surface area contributed by atoms with E-state index in [4.69, 9.17) is 0 Å². The molecule has 0 bridgehead atoms. The van der Waals surface area contributed by atoms with Crippen LogP contribution in [0.15, 0.2) is 42.5 Å². The summed E-state index contributed by atoms with van der Waals surface area (Å²) in [6, 6.07) is 3.85. The summed E-state index contributed by atoms with van der Waals surface area (Å²) < 4.78 is 0. The van der Waals surface area contributed by atoms with Crippen LogP contribution in [0.1, 0.15) is 21.0 Å². The van der Waals surface area contributed by atoms with E-state index in [-0.39, 0.29) is 0 Å². The zero-order valence-corrected chi connectivity index (χ0v) is 8.46. The van der Waals surface area contributed by atoms with Crippen LogP contribution in [0.4, 0.5) is 0 Å². The third-order valence-corrected chi connectivity index (χ3v) is 3.07. The van der Waals surface area contributed by atoms with Gasteiger partial charge in [0.05, 0.1) is 4.88 Å². The lowest BCUT2D eigenvalue weighted by Crippen LogP contribution is -1.71. The first-order chi connectivity index (χ1) is 6.90. The highest BCUT2D eigenvalue weighted by Gasteiger charge is 2.02. The van der Waals surface area contributed by atoms with Crippen molar-refractivity contribution in [2.24, 2.45) is 0 Å². The van der Waals surface area contributed by atoms with Crippen molar-refractivity contribution < 1.29 is 4.79 Å². The van der Waals surface area contributed by atoms with Gasteiger partial charge in [-0.2, -0.15) is 0 Å². The normalized spacial score (nSPS) is 15.0. The highest BCUT2D eigenvalue weighted by atomic mass is 32.1. The van der Waals surface area contributed by atoms with Crippen molar-refractivity contribution in [3.63, 3.8) is 0 Å². The van der Waals surface area contributed by atoms with E-state index >= 15 is 0 Å². The van der Waals surface area contributed by atoms with Crippen LogP contribution in [-0.2, 0) is 0 Å². The van der Waals surface area contributed by atoms with Crippen LogP contribution in [0.3, 0.4) is 0 Å². The fourth-order valence-corrected chi connectivity index (χ4v) is 2.14. The summed E-state index contributed by atoms with van der Waals surface area (Å²) in [4.78, 5) is 12.5. The van der Waals surface area contributed by atoms with Gasteiger partial charge in [-0.05, 0) is 24.1 Å². The molecule has 14 heavy (non-hydrogen) atoms. The van der Waals surface area contributed by atoms with Gasteiger partial charge >= 0.3 is 0 Å². The lowest BCUT2D eigenvalue weighted by Gasteiger charge is -1.94. The Bertz CT molecular complexity index is 421. The van der Waals surface area contributed by atoms with Gasteiger partial charge in [0.25, 0.3) is 0 Å². The molecule has 1 aromatic rings. The average Bonchev–Trinajstić information content (AvgIpc) is 2.53. The van der Waals surface area contributed by atoms with E-state index in [9.17, 15) is 4.79 Å². The number of hydrogen-bond donors (Lipinski definition) is 0. The van der Waals surface area contributed by atoms with Crippen LogP contribution in [0.25, 0.3) is 5.57 Å². The van der Waals surface area contributed by atoms with E-state index in [0.717, 1.165) is 22.5 Å². The lowest BCUT2D eigenvalue weighted by molar-refractivity contribution is 0.112. The molecular weight excluding hydrogens is 192 g/mol. The Morgan fingerprint density at radius 2 is 2.21 bits per heavy atom. The fraction of sp³-hybridized carbons (Fsp3) is 0.0833. The van der Waals surface area contributed by atoms with Crippen molar-refractivity contribution in [3.8, 4) is 0 Å². The maximum absolute atomic E-state index is 10.5. The minimum atomic E-state index is 0.780. The zero-order chi connectivity index (χ0) is 9.80. The molecule has 0 radical (unpaired) electrons. The number of thiophene rings is 1. The predicted molar refractivity (Wildman–Crippen MR) is 60.6 cm³/mol. The van der Waals surface area contributed by atoms with E-state index in [1.54, 1.807) is 0 Å². The Morgan fingerprint density at radius 1 is 1.29 bits per heavy atom. The Hall–Kier alpha value is -1.41. The zero-order valence-electron chi connectivity index (χ0n) is 7.64. The highest BCUT2D eigenvalue weighted by molar-refractivity contribution is 7.14. The molecule has 1 aliphatic carbocycles. The molecule has 0 aromatic carbocycles. The Kier molecular flexibility index (Phi) is 2.75. The predicted octanol–water partition coefficient (Wildman–Crippen LogP) is 3.46. The molecule has 0 spiro atoms. The van der Waals surface area contributed by atoms with Gasteiger partial charge in [0.15, 0.2) is 6.29 Å². The largest absolute Gasteiger partial charge is 0.297 e. The lowest BCUT2D eigenvalue weighted by atomic mass is 10.2. The van der Waals surface area contributed by atoms with E-state index in [1.807, 2.05) is 12.1 Å². The molecule has 70 valence electrons. The van der Waals surface area contributed by atoms with Crippen LogP contribution in [0.2, 0.25) is 0 Å². The van der Waals surface area contributed by atoms with Crippen LogP contribution in [-0.4, -0.2) is 6.29 Å². The van der Waals surface area contributed by atoms with Crippen LogP contribution in [0, 0.1) is 0 Å². The second kappa shape index (κ2) is 4.20. The van der Waals surface area contributed by atoms with E-state index in [0.29, 0.717) is 0 Å². The molecule has 1 aromatic heterocycles. The fourth-order valence-electron chi connectivity index (χ4n) is 1.31. The first kappa shape index (κ1) is 9.16. The third-order valence-electron chi connectivity index (χ3n) is 2.01. The molecule has 0 N–H and O–H groups in total. The van der Waals surface area contributed by atoms with Gasteiger partial charge in [-0.25, -0.2) is 0 Å². The molecule has 0 saturated heterocycles. The Balaban J connectivity index is 2.33. The second-order valence-corrected chi connectivity index (χ2v) is 4.12. The molecule has 0 atom stereocenters. The number of rotatable bonds is 2. The molecule has 0 amide bonds. The topological polar surface area (TPSA) is 17.1 Å². The summed E-state index contributed by atoms with van der Waals surface area (Å²) in [5.41, 5.74) is 1.18. The summed E-state index contributed by atoms with van der Waals surface area (Å²) >= 11 is 1.53. The van der Waals surface area contributed by atoms with Crippen molar-refractivity contribution in [2.45, 2.75) is 6.42 Å². The molecule has 1 nitrogen and oxygen atoms in total. The quantitative estimate of drug-likeness (QED) is 0.671. The van der Waals surface area contributed by atoms with Crippen molar-refractivity contribution in [2.75, 3.05) is 0 Å². The maximum atomic E-state index is 10.5. The van der Waals surface area contributed by atoms with Gasteiger partial charge in [-0.15, -0.1) is 11.3 Å². The first-order valence-electron chi connectivity index (χ1n) is 4.49. The van der Waals surface area contributed by atoms with Gasteiger partial charge < -0.3 is 0 Å². The molecule has 1 heterocycles. The van der Waals surface area contributed by atoms with Crippen LogP contribution < -0.4 is 0 Å². The molecule has 1 aliphatic rings. The molecule has 0 aliphatic heterocycles. The number of aldehydes is 1. The first-order valence-corrected chi connectivity index (χ1v) is 5.30. The van der Waals surface area contributed by atoms with Gasteiger partial charge in [-0.3, -0.25) is 4.79 Å². The molecule has 0 saturated carbocycles. The number of carbonyl (C=O) groups excluding carboxylic acids is 1. The van der Waals surface area contributed by atoms with Crippen molar-refractivity contribution >= 4 is 23.2 Å². The van der Waals surface area contributed by atoms with E-state index < -0.39 is 0 Å². The van der Waals surface area contributed by atoms with Gasteiger partial charge in [0, 0.05) is 4.88 Å². The van der Waals surface area contributed by atoms with Gasteiger partial charge in [0.1, 0.15) is 0 Å². The summed E-state index contributed by atoms with van der Waals surface area (Å²) in [5.74, 6) is 0. The minimum absolute atomic E-state index is 0.780. The standard InChI is InChI=1S/C12H10OS/c13-9-11-7-8-12(14-11)10-5-3-1-2-4-6-10/h1,3-9H,2H2. The summed E-state index contributed by atoms with van der Waals surface area (Å²) in [7, 11) is 0. The second-order valence-electron chi connectivity index (χ2n) is 3.01. The number of hydrogen-bond acceptors (Lipinski definition) is 2. The average molecular weight is 202 g/mol. The summed E-state index contributed by atoms with van der Waals surface area (Å²) in [6.07, 6.45) is 12.3. The third kappa shape index (κ3) is 1.91. The number of carbonyl (C=O) groups is 1. The van der Waals surface area contributed by atoms with Crippen molar-refractivity contribution in [1.29, 1.82) is 0 Å². The summed E-state index contributed by atoms with van der Waals surface area (Å²) in [6.45, 7) is 0. The van der Waals surface area contributed by atoms with Crippen LogP contribution >= 0.6 is 11.3 Å². The van der Waals surface area contributed by atoms with Gasteiger partial charge in [0.2, 0.25) is 0 Å². The minimum Gasteiger partial charge on any atom is -0.297 e. The monoisotopic (exact) mass is 202 g/mol. The summed E-state index contributed by atoms with van der Waals surface area (Å²) in [5, 5.41) is 0. The molecule has 2 heteroatoms. The van der Waals surface area contributed by atoms with Crippen molar-refractivity contribution in [1.82, 2.24) is 0 Å². The SMILES string of the molecule is O=Cc1ccc(C2=CC=CCC=C2)s1. The highest BCUT2D eigenvalue weighted by Crippen LogP contribution is 2.25. The van der Waals surface area contributed by atoms with Gasteiger partial charge in [-0.1, -0.05) is 30.4 Å². The molecule has 2 rings (SSSR count). The maximum Gasteiger partial charge on any atom is 0.160 e. The van der Waals surface area contributed by atoms with E-state index in [1.165, 1.54) is 16.9 Å². The molecule has 0 fully saturated rings. The molecular formula is C12H10OS. The van der Waals surface area contributed by atoms with Crippen molar-refractivity contribution in [3.05, 3.63) is 52.3 Å². The van der Waals surface area contributed by atoms with E-state index in [2.05, 4.69) is 30.4 Å². The number of allylic oxidation sites excluding steroid dienone is 6. The van der Waals surface area contributed by atoms with Crippen LogP contribution in [0.5, 0.6) is 0 Å². The Labute approximate surface area is 87.1 Å². The Morgan fingerprint density at radius 3 is 3.00 bits per heavy atom.